The smallest absolute Gasteiger partial charge is 0.120 e. The Kier molecular flexibility index (Phi) is 8.58. The summed E-state index contributed by atoms with van der Waals surface area (Å²) < 4.78 is 15.6. The van der Waals surface area contributed by atoms with Gasteiger partial charge in [-0.25, -0.2) is 0 Å². The summed E-state index contributed by atoms with van der Waals surface area (Å²) >= 11 is 6.14. The highest BCUT2D eigenvalue weighted by Crippen LogP contribution is 2.22. The Morgan fingerprint density at radius 3 is 2.58 bits per heavy atom. The lowest BCUT2D eigenvalue weighted by Gasteiger charge is -2.08. The van der Waals surface area contributed by atoms with Crippen LogP contribution in [0.15, 0.2) is 18.2 Å². The molecule has 0 radical (unpaired) electrons. The maximum absolute atomic E-state index is 6.14. The number of nitrogens with one attached hydrogen (secondary N) is 1. The highest BCUT2D eigenvalue weighted by atomic mass is 35.5. The van der Waals surface area contributed by atoms with Crippen LogP contribution in [0.2, 0.25) is 5.02 Å². The van der Waals surface area contributed by atoms with Crippen LogP contribution in [-0.4, -0.2) is 47.1 Å². The molecule has 0 unspecified atom stereocenters. The van der Waals surface area contributed by atoms with E-state index in [1.165, 1.54) is 0 Å². The standard InChI is InChI=1S/C14H22ClNO3/c1-17-9-6-16-7-10-19-8-5-12-3-4-13(18-2)11-14(12)15/h3-4,11,16H,5-10H2,1-2H3. The lowest BCUT2D eigenvalue weighted by molar-refractivity contribution is 0.135. The van der Waals surface area contributed by atoms with Gasteiger partial charge in [0.15, 0.2) is 0 Å². The minimum absolute atomic E-state index is 0.665. The molecule has 1 N–H and O–H groups in total. The highest BCUT2D eigenvalue weighted by Gasteiger charge is 2.02. The summed E-state index contributed by atoms with van der Waals surface area (Å²) in [4.78, 5) is 0. The van der Waals surface area contributed by atoms with E-state index in [0.717, 1.165) is 42.5 Å². The van der Waals surface area contributed by atoms with Crippen molar-refractivity contribution in [2.75, 3.05) is 47.1 Å². The van der Waals surface area contributed by atoms with E-state index in [0.29, 0.717) is 13.2 Å². The molecular formula is C14H22ClNO3. The van der Waals surface area contributed by atoms with Gasteiger partial charge in [-0.2, -0.15) is 0 Å². The first-order chi connectivity index (χ1) is 9.27. The van der Waals surface area contributed by atoms with Crippen molar-refractivity contribution in [1.29, 1.82) is 0 Å². The van der Waals surface area contributed by atoms with Crippen molar-refractivity contribution >= 4 is 11.6 Å². The van der Waals surface area contributed by atoms with Gasteiger partial charge >= 0.3 is 0 Å². The molecule has 1 rings (SSSR count). The molecule has 108 valence electrons. The monoisotopic (exact) mass is 287 g/mol. The Hall–Kier alpha value is -0.810. The number of hydrogen-bond acceptors (Lipinski definition) is 4. The molecule has 5 heteroatoms. The van der Waals surface area contributed by atoms with E-state index in [1.54, 1.807) is 14.2 Å². The van der Waals surface area contributed by atoms with E-state index in [4.69, 9.17) is 25.8 Å². The average molecular weight is 288 g/mol. The molecule has 1 aromatic carbocycles. The summed E-state index contributed by atoms with van der Waals surface area (Å²) in [5.41, 5.74) is 1.08. The minimum Gasteiger partial charge on any atom is -0.497 e. The summed E-state index contributed by atoms with van der Waals surface area (Å²) in [5, 5.41) is 3.94. The molecule has 0 spiro atoms. The Bertz CT molecular complexity index is 361. The van der Waals surface area contributed by atoms with Gasteiger partial charge in [-0.1, -0.05) is 17.7 Å². The van der Waals surface area contributed by atoms with Crippen LogP contribution < -0.4 is 10.1 Å². The van der Waals surface area contributed by atoms with E-state index >= 15 is 0 Å². The normalized spacial score (nSPS) is 10.7. The number of ether oxygens (including phenoxy) is 3. The second-order valence-corrected chi connectivity index (χ2v) is 4.47. The lowest BCUT2D eigenvalue weighted by atomic mass is 10.1. The Morgan fingerprint density at radius 1 is 1.11 bits per heavy atom. The van der Waals surface area contributed by atoms with Crippen molar-refractivity contribution in [3.8, 4) is 5.75 Å². The van der Waals surface area contributed by atoms with Gasteiger partial charge in [-0.05, 0) is 24.1 Å². The van der Waals surface area contributed by atoms with Crippen LogP contribution in [-0.2, 0) is 15.9 Å². The van der Waals surface area contributed by atoms with Crippen molar-refractivity contribution in [2.45, 2.75) is 6.42 Å². The van der Waals surface area contributed by atoms with E-state index in [2.05, 4.69) is 5.32 Å². The molecule has 0 fully saturated rings. The third-order valence-corrected chi connectivity index (χ3v) is 3.03. The van der Waals surface area contributed by atoms with Crippen LogP contribution in [0.1, 0.15) is 5.56 Å². The predicted molar refractivity (Wildman–Crippen MR) is 77.3 cm³/mol. The van der Waals surface area contributed by atoms with Gasteiger partial charge < -0.3 is 19.5 Å². The molecule has 0 bridgehead atoms. The molecule has 19 heavy (non-hydrogen) atoms. The third-order valence-electron chi connectivity index (χ3n) is 2.68. The Balaban J connectivity index is 2.12. The van der Waals surface area contributed by atoms with E-state index < -0.39 is 0 Å². The first-order valence-corrected chi connectivity index (χ1v) is 6.75. The fourth-order valence-corrected chi connectivity index (χ4v) is 1.85. The summed E-state index contributed by atoms with van der Waals surface area (Å²) in [5.74, 6) is 0.775. The molecular weight excluding hydrogens is 266 g/mol. The van der Waals surface area contributed by atoms with E-state index in [-0.39, 0.29) is 0 Å². The second kappa shape index (κ2) is 10.0. The van der Waals surface area contributed by atoms with Crippen LogP contribution in [0, 0.1) is 0 Å². The number of rotatable bonds is 10. The van der Waals surface area contributed by atoms with Crippen molar-refractivity contribution in [1.82, 2.24) is 5.32 Å². The summed E-state index contributed by atoms with van der Waals surface area (Å²) in [7, 11) is 3.32. The maximum atomic E-state index is 6.14. The van der Waals surface area contributed by atoms with Crippen LogP contribution in [0.5, 0.6) is 5.75 Å². The number of methoxy groups -OCH3 is 2. The highest BCUT2D eigenvalue weighted by molar-refractivity contribution is 6.31. The van der Waals surface area contributed by atoms with E-state index in [9.17, 15) is 0 Å². The number of benzene rings is 1. The zero-order valence-corrected chi connectivity index (χ0v) is 12.3. The predicted octanol–water partition coefficient (Wildman–Crippen LogP) is 2.14. The maximum Gasteiger partial charge on any atom is 0.120 e. The molecule has 1 aromatic rings. The summed E-state index contributed by atoms with van der Waals surface area (Å²) in [6.07, 6.45) is 0.806. The van der Waals surface area contributed by atoms with Crippen molar-refractivity contribution in [3.05, 3.63) is 28.8 Å². The minimum atomic E-state index is 0.665. The molecule has 0 saturated heterocycles. The molecule has 0 atom stereocenters. The van der Waals surface area contributed by atoms with Gasteiger partial charge in [-0.3, -0.25) is 0 Å². The molecule has 0 heterocycles. The quantitative estimate of drug-likeness (QED) is 0.669. The van der Waals surface area contributed by atoms with Crippen molar-refractivity contribution in [3.63, 3.8) is 0 Å². The van der Waals surface area contributed by atoms with Crippen LogP contribution >= 0.6 is 11.6 Å². The van der Waals surface area contributed by atoms with Gasteiger partial charge in [0.05, 0.1) is 26.9 Å². The number of halogens is 1. The number of hydrogen-bond donors (Lipinski definition) is 1. The molecule has 0 aliphatic carbocycles. The van der Waals surface area contributed by atoms with Crippen molar-refractivity contribution < 1.29 is 14.2 Å². The largest absolute Gasteiger partial charge is 0.497 e. The fourth-order valence-electron chi connectivity index (χ4n) is 1.59. The average Bonchev–Trinajstić information content (AvgIpc) is 2.43. The zero-order chi connectivity index (χ0) is 13.9. The van der Waals surface area contributed by atoms with Gasteiger partial charge in [-0.15, -0.1) is 0 Å². The molecule has 4 nitrogen and oxygen atoms in total. The summed E-state index contributed by atoms with van der Waals surface area (Å²) in [6.45, 7) is 3.76. The SMILES string of the molecule is COCCNCCOCCc1ccc(OC)cc1Cl. The molecule has 0 aromatic heterocycles. The van der Waals surface area contributed by atoms with Gasteiger partial charge in [0.2, 0.25) is 0 Å². The Morgan fingerprint density at radius 2 is 1.89 bits per heavy atom. The first kappa shape index (κ1) is 16.2. The third kappa shape index (κ3) is 6.78. The summed E-state index contributed by atoms with van der Waals surface area (Å²) in [6, 6.07) is 5.71. The van der Waals surface area contributed by atoms with Gasteiger partial charge in [0, 0.05) is 25.2 Å². The van der Waals surface area contributed by atoms with Gasteiger partial charge in [0.25, 0.3) is 0 Å². The molecule has 0 amide bonds. The van der Waals surface area contributed by atoms with Gasteiger partial charge in [0.1, 0.15) is 5.75 Å². The second-order valence-electron chi connectivity index (χ2n) is 4.06. The fraction of sp³-hybridized carbons (Fsp3) is 0.571. The Labute approximate surface area is 120 Å². The molecule has 0 aliphatic heterocycles. The topological polar surface area (TPSA) is 39.7 Å². The zero-order valence-electron chi connectivity index (χ0n) is 11.6. The lowest BCUT2D eigenvalue weighted by Crippen LogP contribution is -2.23. The van der Waals surface area contributed by atoms with E-state index in [1.807, 2.05) is 18.2 Å². The van der Waals surface area contributed by atoms with Crippen molar-refractivity contribution in [2.24, 2.45) is 0 Å². The first-order valence-electron chi connectivity index (χ1n) is 6.37. The molecule has 0 saturated carbocycles. The van der Waals surface area contributed by atoms with Crippen LogP contribution in [0.25, 0.3) is 0 Å². The molecule has 0 aliphatic rings. The van der Waals surface area contributed by atoms with Crippen LogP contribution in [0.4, 0.5) is 0 Å². The van der Waals surface area contributed by atoms with Crippen LogP contribution in [0.3, 0.4) is 0 Å².